The summed E-state index contributed by atoms with van der Waals surface area (Å²) in [5.74, 6) is 0.529. The van der Waals surface area contributed by atoms with Crippen molar-refractivity contribution in [2.75, 3.05) is 6.61 Å². The molecule has 0 fully saturated rings. The second kappa shape index (κ2) is 6.86. The van der Waals surface area contributed by atoms with Gasteiger partial charge in [-0.25, -0.2) is 4.79 Å². The van der Waals surface area contributed by atoms with Crippen LogP contribution in [-0.4, -0.2) is 23.2 Å². The summed E-state index contributed by atoms with van der Waals surface area (Å²) < 4.78 is 5.32. The quantitative estimate of drug-likeness (QED) is 0.837. The van der Waals surface area contributed by atoms with Gasteiger partial charge < -0.3 is 15.0 Å². The summed E-state index contributed by atoms with van der Waals surface area (Å²) in [6.45, 7) is 8.71. The van der Waals surface area contributed by atoms with Crippen molar-refractivity contribution in [3.05, 3.63) is 36.0 Å². The average Bonchev–Trinajstić information content (AvgIpc) is 2.80. The maximum absolute atomic E-state index is 11.9. The molecule has 1 heterocycles. The molecule has 0 saturated carbocycles. The molecule has 1 amide bonds. The van der Waals surface area contributed by atoms with Gasteiger partial charge in [0, 0.05) is 29.1 Å². The van der Waals surface area contributed by atoms with E-state index in [0.717, 1.165) is 11.9 Å². The molecule has 0 aliphatic rings. The highest BCUT2D eigenvalue weighted by Gasteiger charge is 2.22. The number of hydrogen-bond acceptors (Lipinski definition) is 2. The number of nitrogens with one attached hydrogen (secondary N) is 2. The zero-order chi connectivity index (χ0) is 16.2. The van der Waals surface area contributed by atoms with E-state index in [9.17, 15) is 4.79 Å². The molecular formula is C18H26N2O2. The van der Waals surface area contributed by atoms with Crippen LogP contribution in [0.5, 0.6) is 0 Å². The molecule has 4 nitrogen and oxygen atoms in total. The van der Waals surface area contributed by atoms with Crippen LogP contribution >= 0.6 is 0 Å². The molecule has 120 valence electrons. The summed E-state index contributed by atoms with van der Waals surface area (Å²) in [4.78, 5) is 15.1. The van der Waals surface area contributed by atoms with Crippen LogP contribution in [0.4, 0.5) is 4.79 Å². The molecule has 0 spiro atoms. The minimum atomic E-state index is -0.342. The Hall–Kier alpha value is -1.97. The van der Waals surface area contributed by atoms with Crippen molar-refractivity contribution in [3.63, 3.8) is 0 Å². The Kier molecular flexibility index (Phi) is 5.11. The molecule has 0 bridgehead atoms. The van der Waals surface area contributed by atoms with Gasteiger partial charge in [0.2, 0.25) is 0 Å². The first kappa shape index (κ1) is 16.4. The molecular weight excluding hydrogens is 276 g/mol. The summed E-state index contributed by atoms with van der Waals surface area (Å²) in [5, 5.41) is 4.12. The Balaban J connectivity index is 1.82. The molecule has 1 aromatic heterocycles. The third-order valence-corrected chi connectivity index (χ3v) is 3.64. The maximum atomic E-state index is 11.9. The van der Waals surface area contributed by atoms with Gasteiger partial charge in [0.05, 0.1) is 6.61 Å². The van der Waals surface area contributed by atoms with Gasteiger partial charge in [-0.1, -0.05) is 32.0 Å². The summed E-state index contributed by atoms with van der Waals surface area (Å²) in [7, 11) is 0. The van der Waals surface area contributed by atoms with Crippen molar-refractivity contribution in [3.8, 4) is 0 Å². The number of carbonyl (C=O) groups is 1. The topological polar surface area (TPSA) is 54.1 Å². The molecule has 0 aliphatic carbocycles. The molecule has 0 unspecified atom stereocenters. The minimum Gasteiger partial charge on any atom is -0.449 e. The SMILES string of the molecule is CC(C)CC(C)(C)NC(=O)OCCc1c[nH]c2ccccc12. The van der Waals surface area contributed by atoms with E-state index in [2.05, 4.69) is 30.2 Å². The van der Waals surface area contributed by atoms with E-state index in [1.54, 1.807) is 0 Å². The van der Waals surface area contributed by atoms with Gasteiger partial charge in [0.1, 0.15) is 0 Å². The van der Waals surface area contributed by atoms with Crippen molar-refractivity contribution in [2.24, 2.45) is 5.92 Å². The van der Waals surface area contributed by atoms with Gasteiger partial charge in [-0.15, -0.1) is 0 Å². The van der Waals surface area contributed by atoms with Crippen LogP contribution in [0, 0.1) is 5.92 Å². The minimum absolute atomic E-state index is 0.244. The predicted octanol–water partition coefficient (Wildman–Crippen LogP) is 4.26. The number of ether oxygens (including phenoxy) is 1. The van der Waals surface area contributed by atoms with E-state index in [0.29, 0.717) is 18.9 Å². The lowest BCUT2D eigenvalue weighted by atomic mass is 9.93. The number of hydrogen-bond donors (Lipinski definition) is 2. The van der Waals surface area contributed by atoms with Crippen molar-refractivity contribution in [1.29, 1.82) is 0 Å². The van der Waals surface area contributed by atoms with Crippen LogP contribution in [0.2, 0.25) is 0 Å². The highest BCUT2D eigenvalue weighted by molar-refractivity contribution is 5.83. The van der Waals surface area contributed by atoms with E-state index < -0.39 is 0 Å². The molecule has 2 rings (SSSR count). The number of aromatic amines is 1. The maximum Gasteiger partial charge on any atom is 0.407 e. The average molecular weight is 302 g/mol. The fraction of sp³-hybridized carbons (Fsp3) is 0.500. The van der Waals surface area contributed by atoms with Crippen molar-refractivity contribution < 1.29 is 9.53 Å². The van der Waals surface area contributed by atoms with Crippen LogP contribution in [0.3, 0.4) is 0 Å². The fourth-order valence-corrected chi connectivity index (χ4v) is 2.98. The largest absolute Gasteiger partial charge is 0.449 e. The van der Waals surface area contributed by atoms with E-state index in [-0.39, 0.29) is 11.6 Å². The number of rotatable bonds is 6. The number of fused-ring (bicyclic) bond motifs is 1. The first-order valence-electron chi connectivity index (χ1n) is 7.87. The van der Waals surface area contributed by atoms with Crippen LogP contribution < -0.4 is 5.32 Å². The molecule has 0 radical (unpaired) electrons. The Morgan fingerprint density at radius 2 is 2.05 bits per heavy atom. The summed E-state index contributed by atoms with van der Waals surface area (Å²) in [6, 6.07) is 8.14. The van der Waals surface area contributed by atoms with Gasteiger partial charge in [-0.3, -0.25) is 0 Å². The van der Waals surface area contributed by atoms with E-state index >= 15 is 0 Å². The summed E-state index contributed by atoms with van der Waals surface area (Å²) >= 11 is 0. The molecule has 22 heavy (non-hydrogen) atoms. The van der Waals surface area contributed by atoms with Gasteiger partial charge in [-0.05, 0) is 37.8 Å². The molecule has 4 heteroatoms. The van der Waals surface area contributed by atoms with Crippen LogP contribution in [0.25, 0.3) is 10.9 Å². The fourth-order valence-electron chi connectivity index (χ4n) is 2.98. The van der Waals surface area contributed by atoms with E-state index in [1.165, 1.54) is 10.9 Å². The summed E-state index contributed by atoms with van der Waals surface area (Å²) in [5.41, 5.74) is 2.04. The third-order valence-electron chi connectivity index (χ3n) is 3.64. The molecule has 1 aromatic carbocycles. The second-order valence-corrected chi connectivity index (χ2v) is 6.85. The van der Waals surface area contributed by atoms with Gasteiger partial charge >= 0.3 is 6.09 Å². The number of amides is 1. The highest BCUT2D eigenvalue weighted by atomic mass is 16.5. The zero-order valence-electron chi connectivity index (χ0n) is 13.9. The number of H-pyrrole nitrogens is 1. The predicted molar refractivity (Wildman–Crippen MR) is 90.0 cm³/mol. The Morgan fingerprint density at radius 3 is 2.77 bits per heavy atom. The second-order valence-electron chi connectivity index (χ2n) is 6.85. The highest BCUT2D eigenvalue weighted by Crippen LogP contribution is 2.18. The Morgan fingerprint density at radius 1 is 1.32 bits per heavy atom. The normalized spacial score (nSPS) is 11.9. The number of aromatic nitrogens is 1. The lowest BCUT2D eigenvalue weighted by Gasteiger charge is -2.27. The molecule has 2 N–H and O–H groups in total. The molecule has 2 aromatic rings. The molecule has 0 atom stereocenters. The Labute approximate surface area is 132 Å². The third kappa shape index (κ3) is 4.52. The number of carbonyl (C=O) groups excluding carboxylic acids is 1. The van der Waals surface area contributed by atoms with Crippen LogP contribution in [-0.2, 0) is 11.2 Å². The van der Waals surface area contributed by atoms with Crippen molar-refractivity contribution >= 4 is 17.0 Å². The van der Waals surface area contributed by atoms with Crippen LogP contribution in [0.15, 0.2) is 30.5 Å². The lowest BCUT2D eigenvalue weighted by molar-refractivity contribution is 0.134. The molecule has 0 aliphatic heterocycles. The summed E-state index contributed by atoms with van der Waals surface area (Å²) in [6.07, 6.45) is 3.27. The number of benzene rings is 1. The van der Waals surface area contributed by atoms with Gasteiger partial charge in [-0.2, -0.15) is 0 Å². The monoisotopic (exact) mass is 302 g/mol. The van der Waals surface area contributed by atoms with Gasteiger partial charge in [0.25, 0.3) is 0 Å². The number of para-hydroxylation sites is 1. The van der Waals surface area contributed by atoms with Crippen LogP contribution in [0.1, 0.15) is 39.7 Å². The van der Waals surface area contributed by atoms with E-state index in [4.69, 9.17) is 4.74 Å². The number of alkyl carbamates (subject to hydrolysis) is 1. The van der Waals surface area contributed by atoms with Gasteiger partial charge in [0.15, 0.2) is 0 Å². The lowest BCUT2D eigenvalue weighted by Crippen LogP contribution is -2.44. The first-order chi connectivity index (χ1) is 10.4. The van der Waals surface area contributed by atoms with E-state index in [1.807, 2.05) is 38.2 Å². The first-order valence-corrected chi connectivity index (χ1v) is 7.87. The van der Waals surface area contributed by atoms with Crippen molar-refractivity contribution in [1.82, 2.24) is 10.3 Å². The Bertz CT molecular complexity index is 629. The smallest absolute Gasteiger partial charge is 0.407 e. The van der Waals surface area contributed by atoms with Crippen molar-refractivity contribution in [2.45, 2.75) is 46.1 Å². The molecule has 0 saturated heterocycles. The zero-order valence-corrected chi connectivity index (χ0v) is 13.9. The standard InChI is InChI=1S/C18H26N2O2/c1-13(2)11-18(3,4)20-17(21)22-10-9-14-12-19-16-8-6-5-7-15(14)16/h5-8,12-13,19H,9-11H2,1-4H3,(H,20,21).